The first-order chi connectivity index (χ1) is 18.5. The van der Waals surface area contributed by atoms with E-state index in [9.17, 15) is 19.2 Å². The number of esters is 1. The van der Waals surface area contributed by atoms with E-state index < -0.39 is 24.1 Å². The highest BCUT2D eigenvalue weighted by atomic mass is 16.5. The molecular weight excluding hydrogens is 498 g/mol. The van der Waals surface area contributed by atoms with Crippen LogP contribution in [0.15, 0.2) is 54.6 Å². The average Bonchev–Trinajstić information content (AvgIpc) is 2.91. The molecule has 0 aliphatic carbocycles. The highest BCUT2D eigenvalue weighted by Gasteiger charge is 2.24. The minimum atomic E-state index is -0.658. The molecule has 0 amide bonds. The van der Waals surface area contributed by atoms with Gasteiger partial charge in [0.25, 0.3) is 0 Å². The number of nitrogens with two attached hydrogens (primary N) is 1. The molecule has 0 saturated heterocycles. The molecule has 2 aromatic carbocycles. The predicted molar refractivity (Wildman–Crippen MR) is 149 cm³/mol. The first-order valence-corrected chi connectivity index (χ1v) is 13.2. The van der Waals surface area contributed by atoms with E-state index in [0.717, 1.165) is 11.1 Å². The number of Topliss-reactive ketones (excluding diaryl/α,β-unsaturated/α-hetero) is 3. The van der Waals surface area contributed by atoms with Crippen molar-refractivity contribution in [3.8, 4) is 5.75 Å². The van der Waals surface area contributed by atoms with Crippen molar-refractivity contribution in [3.05, 3.63) is 65.7 Å². The van der Waals surface area contributed by atoms with Crippen molar-refractivity contribution < 1.29 is 28.7 Å². The molecule has 0 spiro atoms. The summed E-state index contributed by atoms with van der Waals surface area (Å²) in [6.45, 7) is 7.10. The third kappa shape index (κ3) is 12.3. The molecule has 0 aliphatic heterocycles. The van der Waals surface area contributed by atoms with Gasteiger partial charge in [-0.15, -0.1) is 0 Å². The van der Waals surface area contributed by atoms with Gasteiger partial charge in [0.05, 0.1) is 25.2 Å². The molecule has 212 valence electrons. The molecule has 0 aliphatic rings. The van der Waals surface area contributed by atoms with Crippen LogP contribution in [-0.4, -0.2) is 61.1 Å². The van der Waals surface area contributed by atoms with Crippen LogP contribution in [0.4, 0.5) is 0 Å². The number of carbonyl (C=O) groups is 4. The number of benzene rings is 2. The molecule has 2 aromatic rings. The van der Waals surface area contributed by atoms with Gasteiger partial charge in [0, 0.05) is 0 Å². The molecule has 0 unspecified atom stereocenters. The van der Waals surface area contributed by atoms with Gasteiger partial charge in [0.2, 0.25) is 0 Å². The molecule has 0 heterocycles. The van der Waals surface area contributed by atoms with E-state index in [-0.39, 0.29) is 49.6 Å². The summed E-state index contributed by atoms with van der Waals surface area (Å²) in [5, 5.41) is 5.97. The Bertz CT molecular complexity index is 1070. The van der Waals surface area contributed by atoms with Gasteiger partial charge in [-0.1, -0.05) is 56.3 Å². The zero-order valence-corrected chi connectivity index (χ0v) is 23.3. The minimum Gasteiger partial charge on any atom is -0.486 e. The van der Waals surface area contributed by atoms with E-state index >= 15 is 0 Å². The molecule has 9 nitrogen and oxygen atoms in total. The van der Waals surface area contributed by atoms with Gasteiger partial charge in [-0.05, 0) is 55.9 Å². The maximum atomic E-state index is 12.8. The third-order valence-corrected chi connectivity index (χ3v) is 6.04. The Hall–Kier alpha value is -3.40. The molecule has 4 N–H and O–H groups in total. The normalized spacial score (nSPS) is 13.4. The highest BCUT2D eigenvalue weighted by Crippen LogP contribution is 2.14. The monoisotopic (exact) mass is 539 g/mol. The number of hydrogen-bond donors (Lipinski definition) is 3. The number of ketones is 3. The van der Waals surface area contributed by atoms with E-state index in [4.69, 9.17) is 15.2 Å². The lowest BCUT2D eigenvalue weighted by Crippen LogP contribution is -2.48. The van der Waals surface area contributed by atoms with Crippen molar-refractivity contribution in [3.63, 3.8) is 0 Å². The standard InChI is InChI=1S/C30H41N3O6/c1-20(2)14-27(30(37)39-19-24-10-12-25(13-11-24)38-18-21(3)34)33-16-28(35)22(4)32-17-29(36)26(31)15-23-8-6-5-7-9-23/h5-13,20,22,26-27,32-33H,14-19,31H2,1-4H3/t22-,26-,27-/m0/s1. The third-order valence-electron chi connectivity index (χ3n) is 6.04. The van der Waals surface area contributed by atoms with Crippen molar-refractivity contribution in [1.82, 2.24) is 10.6 Å². The lowest BCUT2D eigenvalue weighted by molar-refractivity contribution is -0.148. The first kappa shape index (κ1) is 31.8. The molecular formula is C30H41N3O6. The van der Waals surface area contributed by atoms with Crippen molar-refractivity contribution in [2.75, 3.05) is 19.7 Å². The summed E-state index contributed by atoms with van der Waals surface area (Å²) >= 11 is 0. The van der Waals surface area contributed by atoms with Crippen LogP contribution in [0.1, 0.15) is 45.2 Å². The quantitative estimate of drug-likeness (QED) is 0.244. The van der Waals surface area contributed by atoms with Crippen LogP contribution in [0, 0.1) is 5.92 Å². The van der Waals surface area contributed by atoms with Crippen LogP contribution >= 0.6 is 0 Å². The molecule has 2 rings (SSSR count). The van der Waals surface area contributed by atoms with Crippen molar-refractivity contribution in [1.29, 1.82) is 0 Å². The maximum Gasteiger partial charge on any atom is 0.323 e. The van der Waals surface area contributed by atoms with E-state index in [2.05, 4.69) is 10.6 Å². The summed E-state index contributed by atoms with van der Waals surface area (Å²) in [6, 6.07) is 14.6. The number of ether oxygens (including phenoxy) is 2. The van der Waals surface area contributed by atoms with Crippen LogP contribution in [0.3, 0.4) is 0 Å². The fourth-order valence-corrected chi connectivity index (χ4v) is 3.71. The van der Waals surface area contributed by atoms with E-state index in [1.54, 1.807) is 31.2 Å². The minimum absolute atomic E-state index is 0.00183. The molecule has 0 aromatic heterocycles. The zero-order chi connectivity index (χ0) is 28.8. The highest BCUT2D eigenvalue weighted by molar-refractivity contribution is 5.89. The summed E-state index contributed by atoms with van der Waals surface area (Å²) in [4.78, 5) is 48.9. The summed E-state index contributed by atoms with van der Waals surface area (Å²) < 4.78 is 10.8. The number of hydrogen-bond acceptors (Lipinski definition) is 9. The maximum absolute atomic E-state index is 12.8. The fraction of sp³-hybridized carbons (Fsp3) is 0.467. The number of rotatable bonds is 18. The molecule has 0 radical (unpaired) electrons. The number of nitrogens with one attached hydrogen (secondary N) is 2. The van der Waals surface area contributed by atoms with Crippen LogP contribution in [0.2, 0.25) is 0 Å². The van der Waals surface area contributed by atoms with Crippen molar-refractivity contribution in [2.45, 2.75) is 65.3 Å². The van der Waals surface area contributed by atoms with Crippen LogP contribution in [0.5, 0.6) is 5.75 Å². The predicted octanol–water partition coefficient (Wildman–Crippen LogP) is 2.39. The van der Waals surface area contributed by atoms with Gasteiger partial charge in [0.15, 0.2) is 17.3 Å². The van der Waals surface area contributed by atoms with Gasteiger partial charge in [0.1, 0.15) is 25.0 Å². The second-order valence-corrected chi connectivity index (χ2v) is 10.1. The van der Waals surface area contributed by atoms with Crippen molar-refractivity contribution >= 4 is 23.3 Å². The molecule has 9 heteroatoms. The van der Waals surface area contributed by atoms with Gasteiger partial charge >= 0.3 is 5.97 Å². The summed E-state index contributed by atoms with van der Waals surface area (Å²) in [6.07, 6.45) is 0.931. The Labute approximate surface area is 230 Å². The number of carbonyl (C=O) groups excluding carboxylic acids is 4. The van der Waals surface area contributed by atoms with Crippen LogP contribution < -0.4 is 21.1 Å². The molecule has 0 bridgehead atoms. The van der Waals surface area contributed by atoms with E-state index in [1.807, 2.05) is 44.2 Å². The second kappa shape index (κ2) is 16.5. The lowest BCUT2D eigenvalue weighted by Gasteiger charge is -2.21. The van der Waals surface area contributed by atoms with Gasteiger partial charge in [-0.2, -0.15) is 0 Å². The Kier molecular flexibility index (Phi) is 13.5. The molecule has 0 saturated carbocycles. The lowest BCUT2D eigenvalue weighted by atomic mass is 10.0. The summed E-state index contributed by atoms with van der Waals surface area (Å²) in [5.41, 5.74) is 7.78. The van der Waals surface area contributed by atoms with Gasteiger partial charge in [-0.3, -0.25) is 24.5 Å². The molecule has 3 atom stereocenters. The van der Waals surface area contributed by atoms with Crippen LogP contribution in [-0.2, 0) is 36.9 Å². The smallest absolute Gasteiger partial charge is 0.323 e. The molecule has 39 heavy (non-hydrogen) atoms. The Morgan fingerprint density at radius 2 is 1.49 bits per heavy atom. The summed E-state index contributed by atoms with van der Waals surface area (Å²) in [5.74, 6) is -0.121. The fourth-order valence-electron chi connectivity index (χ4n) is 3.71. The van der Waals surface area contributed by atoms with E-state index in [1.165, 1.54) is 6.92 Å². The van der Waals surface area contributed by atoms with Gasteiger partial charge < -0.3 is 20.5 Å². The summed E-state index contributed by atoms with van der Waals surface area (Å²) in [7, 11) is 0. The SMILES string of the molecule is CC(=O)COc1ccc(COC(=O)[C@H](CC(C)C)NCC(=O)[C@H](C)NCC(=O)[C@@H](N)Cc2ccccc2)cc1. The second-order valence-electron chi connectivity index (χ2n) is 10.1. The first-order valence-electron chi connectivity index (χ1n) is 13.2. The Balaban J connectivity index is 1.79. The Morgan fingerprint density at radius 3 is 2.10 bits per heavy atom. The topological polar surface area (TPSA) is 137 Å². The van der Waals surface area contributed by atoms with Crippen LogP contribution in [0.25, 0.3) is 0 Å². The molecule has 0 fully saturated rings. The van der Waals surface area contributed by atoms with Gasteiger partial charge in [-0.25, -0.2) is 0 Å². The average molecular weight is 540 g/mol. The van der Waals surface area contributed by atoms with E-state index in [0.29, 0.717) is 18.6 Å². The Morgan fingerprint density at radius 1 is 0.846 bits per heavy atom. The largest absolute Gasteiger partial charge is 0.486 e. The van der Waals surface area contributed by atoms with Crippen molar-refractivity contribution in [2.24, 2.45) is 11.7 Å². The zero-order valence-electron chi connectivity index (χ0n) is 23.3.